The molecule has 5 heteroatoms. The molecule has 2 aliphatic rings. The molecule has 3 rings (SSSR count). The van der Waals surface area contributed by atoms with Crippen LogP contribution in [0.5, 0.6) is 0 Å². The predicted octanol–water partition coefficient (Wildman–Crippen LogP) is 0.567. The van der Waals surface area contributed by atoms with Crippen LogP contribution in [0.2, 0.25) is 0 Å². The maximum Gasteiger partial charge on any atom is 0.239 e. The quantitative estimate of drug-likeness (QED) is 0.853. The maximum atomic E-state index is 12.4. The SMILES string of the molecule is O=C([C@H]1C[C@@H](O)CN1)N1CCN(CC=Cc2ccccc2)CC1. The fourth-order valence-corrected chi connectivity index (χ4v) is 3.18. The van der Waals surface area contributed by atoms with Gasteiger partial charge in [0.2, 0.25) is 5.91 Å². The van der Waals surface area contributed by atoms with E-state index in [1.807, 2.05) is 23.1 Å². The number of nitrogens with one attached hydrogen (secondary N) is 1. The highest BCUT2D eigenvalue weighted by atomic mass is 16.3. The molecule has 2 aliphatic heterocycles. The molecule has 2 atom stereocenters. The fourth-order valence-electron chi connectivity index (χ4n) is 3.18. The molecule has 1 aromatic rings. The summed E-state index contributed by atoms with van der Waals surface area (Å²) in [6.07, 6.45) is 4.48. The molecule has 0 bridgehead atoms. The lowest BCUT2D eigenvalue weighted by Gasteiger charge is -2.35. The molecule has 124 valence electrons. The van der Waals surface area contributed by atoms with E-state index in [4.69, 9.17) is 0 Å². The third-order valence-corrected chi connectivity index (χ3v) is 4.56. The number of benzene rings is 1. The van der Waals surface area contributed by atoms with Crippen molar-refractivity contribution in [2.45, 2.75) is 18.6 Å². The summed E-state index contributed by atoms with van der Waals surface area (Å²) < 4.78 is 0. The Hall–Kier alpha value is -1.69. The minimum atomic E-state index is -0.381. The van der Waals surface area contributed by atoms with Gasteiger partial charge < -0.3 is 15.3 Å². The van der Waals surface area contributed by atoms with Crippen LogP contribution >= 0.6 is 0 Å². The monoisotopic (exact) mass is 315 g/mol. The number of hydrogen-bond acceptors (Lipinski definition) is 4. The zero-order valence-electron chi connectivity index (χ0n) is 13.4. The minimum absolute atomic E-state index is 0.140. The summed E-state index contributed by atoms with van der Waals surface area (Å²) in [5.74, 6) is 0.140. The molecule has 0 unspecified atom stereocenters. The fraction of sp³-hybridized carbons (Fsp3) is 0.500. The summed E-state index contributed by atoms with van der Waals surface area (Å²) in [6.45, 7) is 4.79. The second-order valence-electron chi connectivity index (χ2n) is 6.29. The van der Waals surface area contributed by atoms with E-state index in [-0.39, 0.29) is 18.1 Å². The van der Waals surface area contributed by atoms with Crippen LogP contribution in [0.1, 0.15) is 12.0 Å². The van der Waals surface area contributed by atoms with E-state index in [1.54, 1.807) is 0 Å². The largest absolute Gasteiger partial charge is 0.392 e. The molecular weight excluding hydrogens is 290 g/mol. The molecule has 2 saturated heterocycles. The second kappa shape index (κ2) is 7.73. The van der Waals surface area contributed by atoms with Crippen molar-refractivity contribution in [3.05, 3.63) is 42.0 Å². The van der Waals surface area contributed by atoms with Crippen LogP contribution in [0, 0.1) is 0 Å². The summed E-state index contributed by atoms with van der Waals surface area (Å²) in [4.78, 5) is 16.7. The number of carbonyl (C=O) groups excluding carboxylic acids is 1. The van der Waals surface area contributed by atoms with Gasteiger partial charge in [-0.1, -0.05) is 42.5 Å². The van der Waals surface area contributed by atoms with E-state index >= 15 is 0 Å². The molecule has 2 N–H and O–H groups in total. The first kappa shape index (κ1) is 16.2. The summed E-state index contributed by atoms with van der Waals surface area (Å²) in [5.41, 5.74) is 1.21. The third-order valence-electron chi connectivity index (χ3n) is 4.56. The number of β-amino-alcohol motifs (C(OH)–C–C–N with tert-alkyl or cyclic N) is 1. The van der Waals surface area contributed by atoms with Gasteiger partial charge in [-0.05, 0) is 12.0 Å². The smallest absolute Gasteiger partial charge is 0.239 e. The zero-order chi connectivity index (χ0) is 16.1. The molecule has 0 spiro atoms. The molecular formula is C18H25N3O2. The Kier molecular flexibility index (Phi) is 5.43. The molecule has 0 saturated carbocycles. The van der Waals surface area contributed by atoms with Crippen LogP contribution < -0.4 is 5.32 Å². The van der Waals surface area contributed by atoms with E-state index < -0.39 is 0 Å². The van der Waals surface area contributed by atoms with Crippen molar-refractivity contribution in [1.29, 1.82) is 0 Å². The van der Waals surface area contributed by atoms with Crippen molar-refractivity contribution in [1.82, 2.24) is 15.1 Å². The predicted molar refractivity (Wildman–Crippen MR) is 90.9 cm³/mol. The molecule has 2 heterocycles. The van der Waals surface area contributed by atoms with Gasteiger partial charge in [-0.15, -0.1) is 0 Å². The van der Waals surface area contributed by atoms with Crippen molar-refractivity contribution in [2.75, 3.05) is 39.3 Å². The molecule has 0 aliphatic carbocycles. The Balaban J connectivity index is 1.42. The number of nitrogens with zero attached hydrogens (tertiary/aromatic N) is 2. The van der Waals surface area contributed by atoms with Crippen LogP contribution in [-0.2, 0) is 4.79 Å². The van der Waals surface area contributed by atoms with Gasteiger partial charge in [0.1, 0.15) is 0 Å². The zero-order valence-corrected chi connectivity index (χ0v) is 13.4. The average molecular weight is 315 g/mol. The molecule has 0 radical (unpaired) electrons. The Morgan fingerprint density at radius 3 is 2.61 bits per heavy atom. The van der Waals surface area contributed by atoms with E-state index in [0.29, 0.717) is 13.0 Å². The Morgan fingerprint density at radius 2 is 1.96 bits per heavy atom. The molecule has 23 heavy (non-hydrogen) atoms. The van der Waals surface area contributed by atoms with Gasteiger partial charge in [0.25, 0.3) is 0 Å². The number of aliphatic hydroxyl groups excluding tert-OH is 1. The van der Waals surface area contributed by atoms with E-state index in [2.05, 4.69) is 34.5 Å². The highest BCUT2D eigenvalue weighted by Gasteiger charge is 2.32. The number of amides is 1. The topological polar surface area (TPSA) is 55.8 Å². The normalized spacial score (nSPS) is 26.0. The maximum absolute atomic E-state index is 12.4. The second-order valence-corrected chi connectivity index (χ2v) is 6.29. The molecule has 0 aromatic heterocycles. The van der Waals surface area contributed by atoms with E-state index in [0.717, 1.165) is 32.7 Å². The third kappa shape index (κ3) is 4.41. The van der Waals surface area contributed by atoms with Gasteiger partial charge in [0, 0.05) is 39.3 Å². The van der Waals surface area contributed by atoms with E-state index in [9.17, 15) is 9.90 Å². The Morgan fingerprint density at radius 1 is 1.22 bits per heavy atom. The average Bonchev–Trinajstić information content (AvgIpc) is 3.02. The number of carbonyl (C=O) groups is 1. The van der Waals surface area contributed by atoms with Gasteiger partial charge in [0.15, 0.2) is 0 Å². The van der Waals surface area contributed by atoms with Crippen molar-refractivity contribution in [3.63, 3.8) is 0 Å². The number of rotatable bonds is 4. The van der Waals surface area contributed by atoms with Gasteiger partial charge in [-0.3, -0.25) is 9.69 Å². The standard InChI is InChI=1S/C18H25N3O2/c22-16-13-17(19-14-16)18(23)21-11-9-20(10-12-21)8-4-7-15-5-2-1-3-6-15/h1-7,16-17,19,22H,8-14H2/t16-,17-/m1/s1. The summed E-state index contributed by atoms with van der Waals surface area (Å²) in [7, 11) is 0. The molecule has 2 fully saturated rings. The first-order valence-electron chi connectivity index (χ1n) is 8.36. The lowest BCUT2D eigenvalue weighted by Crippen LogP contribution is -2.52. The minimum Gasteiger partial charge on any atom is -0.392 e. The lowest BCUT2D eigenvalue weighted by atomic mass is 10.1. The van der Waals surface area contributed by atoms with Gasteiger partial charge >= 0.3 is 0 Å². The van der Waals surface area contributed by atoms with Crippen molar-refractivity contribution < 1.29 is 9.90 Å². The van der Waals surface area contributed by atoms with Gasteiger partial charge in [-0.2, -0.15) is 0 Å². The summed E-state index contributed by atoms with van der Waals surface area (Å²) >= 11 is 0. The van der Waals surface area contributed by atoms with Crippen molar-refractivity contribution in [3.8, 4) is 0 Å². The van der Waals surface area contributed by atoms with Crippen molar-refractivity contribution >= 4 is 12.0 Å². The van der Waals surface area contributed by atoms with Gasteiger partial charge in [0.05, 0.1) is 12.1 Å². The summed E-state index contributed by atoms with van der Waals surface area (Å²) in [5, 5.41) is 12.6. The Bertz CT molecular complexity index is 538. The number of hydrogen-bond donors (Lipinski definition) is 2. The molecule has 1 aromatic carbocycles. The van der Waals surface area contributed by atoms with Crippen LogP contribution in [0.15, 0.2) is 36.4 Å². The van der Waals surface area contributed by atoms with Gasteiger partial charge in [-0.25, -0.2) is 0 Å². The van der Waals surface area contributed by atoms with Crippen LogP contribution in [0.4, 0.5) is 0 Å². The first-order valence-corrected chi connectivity index (χ1v) is 8.36. The lowest BCUT2D eigenvalue weighted by molar-refractivity contribution is -0.134. The molecule has 5 nitrogen and oxygen atoms in total. The van der Waals surface area contributed by atoms with Crippen LogP contribution in [0.3, 0.4) is 0 Å². The highest BCUT2D eigenvalue weighted by Crippen LogP contribution is 2.12. The van der Waals surface area contributed by atoms with Crippen LogP contribution in [0.25, 0.3) is 6.08 Å². The summed E-state index contributed by atoms with van der Waals surface area (Å²) in [6, 6.07) is 10.1. The molecule has 1 amide bonds. The van der Waals surface area contributed by atoms with E-state index in [1.165, 1.54) is 5.56 Å². The van der Waals surface area contributed by atoms with Crippen LogP contribution in [-0.4, -0.2) is 72.2 Å². The number of piperazine rings is 1. The first-order chi connectivity index (χ1) is 11.2. The highest BCUT2D eigenvalue weighted by molar-refractivity contribution is 5.82. The number of aliphatic hydroxyl groups is 1. The van der Waals surface area contributed by atoms with Crippen molar-refractivity contribution in [2.24, 2.45) is 0 Å². The Labute approximate surface area is 137 Å².